The molecule has 1 aliphatic rings. The monoisotopic (exact) mass is 631 g/mol. The van der Waals surface area contributed by atoms with Crippen LogP contribution in [0.1, 0.15) is 85.1 Å². The zero-order chi connectivity index (χ0) is 34.3. The molecule has 4 rings (SSSR count). The largest absolute Gasteiger partial charge is 0.492 e. The summed E-state index contributed by atoms with van der Waals surface area (Å²) in [5.74, 6) is 0.756. The first-order valence-electron chi connectivity index (χ1n) is 16.1. The number of benzene rings is 1. The number of nitrogens with one attached hydrogen (secondary N) is 1. The van der Waals surface area contributed by atoms with Gasteiger partial charge in [0.15, 0.2) is 0 Å². The van der Waals surface area contributed by atoms with Gasteiger partial charge in [-0.2, -0.15) is 5.26 Å². The van der Waals surface area contributed by atoms with E-state index in [0.717, 1.165) is 47.9 Å². The maximum atomic E-state index is 9.39. The van der Waals surface area contributed by atoms with Crippen LogP contribution in [0.3, 0.4) is 0 Å². The van der Waals surface area contributed by atoms with Crippen LogP contribution < -0.4 is 15.0 Å². The molecule has 2 N–H and O–H groups in total. The minimum atomic E-state index is -0.500. The van der Waals surface area contributed by atoms with Crippen molar-refractivity contribution in [3.63, 3.8) is 0 Å². The molecule has 3 aromatic rings. The van der Waals surface area contributed by atoms with E-state index >= 15 is 0 Å². The maximum absolute atomic E-state index is 9.39. The van der Waals surface area contributed by atoms with Gasteiger partial charge in [0.1, 0.15) is 12.4 Å². The van der Waals surface area contributed by atoms with Crippen molar-refractivity contribution in [2.24, 2.45) is 5.41 Å². The minimum Gasteiger partial charge on any atom is -0.492 e. The lowest BCUT2D eigenvalue weighted by Crippen LogP contribution is -2.38. The summed E-state index contributed by atoms with van der Waals surface area (Å²) in [5, 5.41) is 20.8. The van der Waals surface area contributed by atoms with Crippen molar-refractivity contribution in [2.45, 2.75) is 93.3 Å². The van der Waals surface area contributed by atoms with E-state index in [-0.39, 0.29) is 6.10 Å². The van der Waals surface area contributed by atoms with E-state index in [4.69, 9.17) is 25.1 Å². The molecule has 9 heteroatoms. The van der Waals surface area contributed by atoms with Crippen molar-refractivity contribution in [3.05, 3.63) is 65.6 Å². The fourth-order valence-corrected chi connectivity index (χ4v) is 4.70. The Morgan fingerprint density at radius 1 is 1.09 bits per heavy atom. The topological polar surface area (TPSA) is 121 Å². The number of anilines is 2. The van der Waals surface area contributed by atoms with E-state index < -0.39 is 5.60 Å². The van der Waals surface area contributed by atoms with E-state index in [2.05, 4.69) is 60.9 Å². The SMILES string of the molecule is CC(C)(C)O.CC(C)OC=O.CCc1c(C)ncc(-c2ccc(NCCOc3ccc(C#N)cc3)cn2)c1N1CCC(C)(C)CC1. The Morgan fingerprint density at radius 2 is 1.72 bits per heavy atom. The molecule has 0 amide bonds. The third-order valence-electron chi connectivity index (χ3n) is 7.20. The van der Waals surface area contributed by atoms with Gasteiger partial charge in [0.05, 0.1) is 46.6 Å². The van der Waals surface area contributed by atoms with Gasteiger partial charge in [-0.3, -0.25) is 14.8 Å². The molecule has 0 unspecified atom stereocenters. The lowest BCUT2D eigenvalue weighted by Gasteiger charge is -2.40. The predicted octanol–water partition coefficient (Wildman–Crippen LogP) is 7.35. The van der Waals surface area contributed by atoms with Crippen LogP contribution in [0, 0.1) is 23.7 Å². The first-order valence-corrected chi connectivity index (χ1v) is 16.1. The molecule has 46 heavy (non-hydrogen) atoms. The van der Waals surface area contributed by atoms with Crippen LogP contribution in [0.15, 0.2) is 48.8 Å². The van der Waals surface area contributed by atoms with Gasteiger partial charge in [0.25, 0.3) is 6.47 Å². The second kappa shape index (κ2) is 18.1. The number of nitriles is 1. The number of hydrogen-bond acceptors (Lipinski definition) is 9. The Hall–Kier alpha value is -4.16. The Morgan fingerprint density at radius 3 is 2.20 bits per heavy atom. The highest BCUT2D eigenvalue weighted by molar-refractivity contribution is 5.79. The molecule has 2 aromatic heterocycles. The number of rotatable bonds is 10. The van der Waals surface area contributed by atoms with Gasteiger partial charge < -0.3 is 24.8 Å². The van der Waals surface area contributed by atoms with Crippen LogP contribution in [-0.4, -0.2) is 59.5 Å². The van der Waals surface area contributed by atoms with Gasteiger partial charge >= 0.3 is 0 Å². The van der Waals surface area contributed by atoms with E-state index in [1.165, 1.54) is 24.1 Å². The van der Waals surface area contributed by atoms with Crippen LogP contribution in [0.25, 0.3) is 11.3 Å². The van der Waals surface area contributed by atoms with Crippen molar-refractivity contribution in [2.75, 3.05) is 36.5 Å². The molecule has 0 bridgehead atoms. The fourth-order valence-electron chi connectivity index (χ4n) is 4.70. The molecule has 1 saturated heterocycles. The summed E-state index contributed by atoms with van der Waals surface area (Å²) in [7, 11) is 0. The van der Waals surface area contributed by atoms with Gasteiger partial charge in [-0.25, -0.2) is 0 Å². The zero-order valence-corrected chi connectivity index (χ0v) is 29.2. The zero-order valence-electron chi connectivity index (χ0n) is 29.2. The van der Waals surface area contributed by atoms with Crippen molar-refractivity contribution in [3.8, 4) is 23.1 Å². The molecule has 0 radical (unpaired) electrons. The summed E-state index contributed by atoms with van der Waals surface area (Å²) < 4.78 is 10.1. The molecule has 1 aromatic carbocycles. The number of aryl methyl sites for hydroxylation is 1. The summed E-state index contributed by atoms with van der Waals surface area (Å²) in [6, 6.07) is 13.4. The molecule has 0 aliphatic carbocycles. The molecule has 250 valence electrons. The quantitative estimate of drug-likeness (QED) is 0.175. The number of aromatic nitrogens is 2. The average Bonchev–Trinajstić information content (AvgIpc) is 2.99. The highest BCUT2D eigenvalue weighted by atomic mass is 16.5. The number of ether oxygens (including phenoxy) is 2. The Bertz CT molecular complexity index is 1380. The summed E-state index contributed by atoms with van der Waals surface area (Å²) in [6.07, 6.45) is 7.24. The van der Waals surface area contributed by atoms with Crippen LogP contribution in [0.5, 0.6) is 5.75 Å². The van der Waals surface area contributed by atoms with Crippen LogP contribution in [0.2, 0.25) is 0 Å². The lowest BCUT2D eigenvalue weighted by molar-refractivity contribution is -0.131. The Balaban J connectivity index is 0.000000576. The molecule has 0 atom stereocenters. The highest BCUT2D eigenvalue weighted by Gasteiger charge is 2.28. The summed E-state index contributed by atoms with van der Waals surface area (Å²) in [4.78, 5) is 21.4. The van der Waals surface area contributed by atoms with Gasteiger partial charge in [-0.1, -0.05) is 20.8 Å². The van der Waals surface area contributed by atoms with Crippen LogP contribution in [0.4, 0.5) is 11.4 Å². The van der Waals surface area contributed by atoms with E-state index in [1.54, 1.807) is 46.8 Å². The maximum Gasteiger partial charge on any atom is 0.293 e. The summed E-state index contributed by atoms with van der Waals surface area (Å²) >= 11 is 0. The molecule has 0 spiro atoms. The molecule has 3 heterocycles. The number of aliphatic hydroxyl groups is 1. The number of carbonyl (C=O) groups excluding carboxylic acids is 1. The number of pyridine rings is 2. The van der Waals surface area contributed by atoms with Gasteiger partial charge in [0, 0.05) is 37.1 Å². The second-order valence-electron chi connectivity index (χ2n) is 13.4. The average molecular weight is 632 g/mol. The van der Waals surface area contributed by atoms with Crippen molar-refractivity contribution < 1.29 is 19.4 Å². The van der Waals surface area contributed by atoms with Crippen molar-refractivity contribution >= 4 is 17.8 Å². The standard InChI is InChI=1S/C29H35N5O.C4H8O2.C4H10O/c1-5-25-21(2)32-20-26(28(25)34-15-12-29(3,4)13-16-34)27-11-8-23(19-33-27)31-14-17-35-24-9-6-22(18-30)7-10-24;1-4(2)6-3-5;1-4(2,3)5/h6-11,19-20,31H,5,12-17H2,1-4H3;3-4H,1-2H3;5H,1-3H3. The van der Waals surface area contributed by atoms with Gasteiger partial charge in [0.2, 0.25) is 0 Å². The number of carbonyl (C=O) groups is 1. The van der Waals surface area contributed by atoms with Crippen LogP contribution >= 0.6 is 0 Å². The summed E-state index contributed by atoms with van der Waals surface area (Å²) in [6.45, 7) is 21.6. The highest BCUT2D eigenvalue weighted by Crippen LogP contribution is 2.39. The van der Waals surface area contributed by atoms with Gasteiger partial charge in [-0.05, 0) is 108 Å². The third-order valence-corrected chi connectivity index (χ3v) is 7.20. The second-order valence-corrected chi connectivity index (χ2v) is 13.4. The minimum absolute atomic E-state index is 0.0301. The molecule has 9 nitrogen and oxygen atoms in total. The molecule has 1 fully saturated rings. The van der Waals surface area contributed by atoms with E-state index in [0.29, 0.717) is 30.6 Å². The van der Waals surface area contributed by atoms with Crippen molar-refractivity contribution in [1.29, 1.82) is 5.26 Å². The number of hydrogen-bond donors (Lipinski definition) is 2. The normalized spacial score (nSPS) is 13.7. The third kappa shape index (κ3) is 13.5. The van der Waals surface area contributed by atoms with E-state index in [9.17, 15) is 4.79 Å². The summed E-state index contributed by atoms with van der Waals surface area (Å²) in [5.41, 5.74) is 7.29. The van der Waals surface area contributed by atoms with Crippen LogP contribution in [-0.2, 0) is 16.0 Å². The number of nitrogens with zero attached hydrogens (tertiary/aromatic N) is 4. The molecule has 0 saturated carbocycles. The first-order chi connectivity index (χ1) is 21.7. The van der Waals surface area contributed by atoms with Gasteiger partial charge in [-0.15, -0.1) is 0 Å². The molecular formula is C37H53N5O4. The Kier molecular flexibility index (Phi) is 15.0. The lowest BCUT2D eigenvalue weighted by atomic mass is 9.82. The molecule has 1 aliphatic heterocycles. The fraction of sp³-hybridized carbons (Fsp3) is 0.514. The predicted molar refractivity (Wildman–Crippen MR) is 186 cm³/mol. The van der Waals surface area contributed by atoms with E-state index in [1.807, 2.05) is 24.5 Å². The Labute approximate surface area is 276 Å². The molecular weight excluding hydrogens is 578 g/mol. The van der Waals surface area contributed by atoms with Crippen molar-refractivity contribution in [1.82, 2.24) is 9.97 Å². The smallest absolute Gasteiger partial charge is 0.293 e. The number of piperidine rings is 1. The first kappa shape index (κ1) is 38.0.